The Morgan fingerprint density at radius 1 is 1.14 bits per heavy atom. The molecule has 116 valence electrons. The summed E-state index contributed by atoms with van der Waals surface area (Å²) in [6, 6.07) is 12.5. The molecule has 0 fully saturated rings. The second kappa shape index (κ2) is 6.85. The fourth-order valence-electron chi connectivity index (χ4n) is 2.20. The van der Waals surface area contributed by atoms with Gasteiger partial charge in [-0.05, 0) is 55.8 Å². The number of ether oxygens (including phenoxy) is 1. The van der Waals surface area contributed by atoms with E-state index in [-0.39, 0.29) is 17.5 Å². The molecule has 5 heteroatoms. The lowest BCUT2D eigenvalue weighted by atomic mass is 10.1. The maximum Gasteiger partial charge on any atom is 0.415 e. The van der Waals surface area contributed by atoms with Crippen LogP contribution in [-0.2, 0) is 0 Å². The monoisotopic (exact) mass is 301 g/mol. The van der Waals surface area contributed by atoms with Gasteiger partial charge >= 0.3 is 6.09 Å². The highest BCUT2D eigenvalue weighted by atomic mass is 16.6. The Balaban J connectivity index is 2.12. The van der Waals surface area contributed by atoms with Crippen LogP contribution >= 0.6 is 0 Å². The first kappa shape index (κ1) is 15.7. The molecule has 0 unspecified atom stereocenters. The summed E-state index contributed by atoms with van der Waals surface area (Å²) in [4.78, 5) is 13.9. The number of nitrogens with zero attached hydrogens (tertiary/aromatic N) is 1. The van der Waals surface area contributed by atoms with E-state index in [9.17, 15) is 15.0 Å². The molecular weight excluding hydrogens is 282 g/mol. The van der Waals surface area contributed by atoms with Crippen LogP contribution in [0, 0.1) is 0 Å². The quantitative estimate of drug-likeness (QED) is 0.903. The first-order chi connectivity index (χ1) is 10.5. The van der Waals surface area contributed by atoms with Gasteiger partial charge in [-0.25, -0.2) is 4.79 Å². The first-order valence-electron chi connectivity index (χ1n) is 7.07. The van der Waals surface area contributed by atoms with Gasteiger partial charge in [0.25, 0.3) is 0 Å². The van der Waals surface area contributed by atoms with Gasteiger partial charge in [-0.3, -0.25) is 0 Å². The third kappa shape index (κ3) is 3.69. The van der Waals surface area contributed by atoms with Crippen molar-refractivity contribution >= 4 is 6.09 Å². The van der Waals surface area contributed by atoms with Crippen molar-refractivity contribution in [3.8, 4) is 17.2 Å². The van der Waals surface area contributed by atoms with E-state index in [1.54, 1.807) is 23.1 Å². The number of aromatic hydroxyl groups is 2. The number of carbonyl (C=O) groups excluding carboxylic acids is 1. The normalized spacial score (nSPS) is 11.7. The molecule has 0 bridgehead atoms. The Morgan fingerprint density at radius 3 is 2.41 bits per heavy atom. The second-order valence-corrected chi connectivity index (χ2v) is 4.92. The standard InChI is InChI=1S/C17H19NO4/c1-3-18(12(2)13-5-4-6-15(20)11-13)17(21)22-16-9-7-14(19)8-10-16/h4-12,19-20H,3H2,1-2H3/t12-/m0/s1. The summed E-state index contributed by atoms with van der Waals surface area (Å²) in [5.74, 6) is 0.636. The van der Waals surface area contributed by atoms with Crippen LogP contribution in [0.1, 0.15) is 25.5 Å². The minimum atomic E-state index is -0.482. The highest BCUT2D eigenvalue weighted by molar-refractivity contribution is 5.71. The van der Waals surface area contributed by atoms with E-state index in [1.165, 1.54) is 24.3 Å². The Labute approximate surface area is 129 Å². The molecule has 2 aromatic rings. The Hall–Kier alpha value is -2.69. The van der Waals surface area contributed by atoms with Crippen LogP contribution in [0.2, 0.25) is 0 Å². The van der Waals surface area contributed by atoms with E-state index in [0.29, 0.717) is 12.3 Å². The van der Waals surface area contributed by atoms with Crippen LogP contribution in [-0.4, -0.2) is 27.8 Å². The SMILES string of the molecule is CCN(C(=O)Oc1ccc(O)cc1)[C@@H](C)c1cccc(O)c1. The summed E-state index contributed by atoms with van der Waals surface area (Å²) in [7, 11) is 0. The average molecular weight is 301 g/mol. The van der Waals surface area contributed by atoms with Crippen LogP contribution in [0.25, 0.3) is 0 Å². The second-order valence-electron chi connectivity index (χ2n) is 4.92. The number of amides is 1. The lowest BCUT2D eigenvalue weighted by molar-refractivity contribution is 0.138. The van der Waals surface area contributed by atoms with Gasteiger partial charge in [0.1, 0.15) is 17.2 Å². The average Bonchev–Trinajstić information content (AvgIpc) is 2.50. The van der Waals surface area contributed by atoms with E-state index >= 15 is 0 Å². The molecule has 0 spiro atoms. The van der Waals surface area contributed by atoms with Gasteiger partial charge < -0.3 is 19.8 Å². The summed E-state index contributed by atoms with van der Waals surface area (Å²) in [5.41, 5.74) is 0.824. The molecule has 0 heterocycles. The molecule has 1 amide bonds. The predicted molar refractivity (Wildman–Crippen MR) is 83.0 cm³/mol. The lowest BCUT2D eigenvalue weighted by Gasteiger charge is -2.27. The van der Waals surface area contributed by atoms with Crippen molar-refractivity contribution in [1.82, 2.24) is 4.90 Å². The smallest absolute Gasteiger partial charge is 0.415 e. The zero-order valence-electron chi connectivity index (χ0n) is 12.6. The number of carbonyl (C=O) groups is 1. The van der Waals surface area contributed by atoms with E-state index in [0.717, 1.165) is 5.56 Å². The third-order valence-corrected chi connectivity index (χ3v) is 3.44. The van der Waals surface area contributed by atoms with E-state index in [4.69, 9.17) is 4.74 Å². The first-order valence-corrected chi connectivity index (χ1v) is 7.07. The van der Waals surface area contributed by atoms with Crippen LogP contribution < -0.4 is 4.74 Å². The molecule has 0 aliphatic carbocycles. The fraction of sp³-hybridized carbons (Fsp3) is 0.235. The summed E-state index contributed by atoms with van der Waals surface area (Å²) in [6.45, 7) is 4.20. The van der Waals surface area contributed by atoms with E-state index in [2.05, 4.69) is 0 Å². The maximum absolute atomic E-state index is 12.3. The minimum Gasteiger partial charge on any atom is -0.508 e. The van der Waals surface area contributed by atoms with Crippen molar-refractivity contribution in [1.29, 1.82) is 0 Å². The summed E-state index contributed by atoms with van der Waals surface area (Å²) < 4.78 is 5.31. The number of hydrogen-bond acceptors (Lipinski definition) is 4. The molecule has 2 rings (SSSR count). The molecule has 0 radical (unpaired) electrons. The third-order valence-electron chi connectivity index (χ3n) is 3.44. The molecule has 1 atom stereocenters. The molecule has 0 saturated heterocycles. The minimum absolute atomic E-state index is 0.111. The van der Waals surface area contributed by atoms with Gasteiger partial charge in [-0.2, -0.15) is 0 Å². The largest absolute Gasteiger partial charge is 0.508 e. The van der Waals surface area contributed by atoms with Gasteiger partial charge in [0, 0.05) is 6.54 Å². The van der Waals surface area contributed by atoms with Gasteiger partial charge in [-0.1, -0.05) is 12.1 Å². The number of hydrogen-bond donors (Lipinski definition) is 2. The van der Waals surface area contributed by atoms with Crippen molar-refractivity contribution in [2.24, 2.45) is 0 Å². The van der Waals surface area contributed by atoms with Crippen molar-refractivity contribution in [2.75, 3.05) is 6.54 Å². The Kier molecular flexibility index (Phi) is 4.88. The lowest BCUT2D eigenvalue weighted by Crippen LogP contribution is -2.35. The van der Waals surface area contributed by atoms with Crippen LogP contribution in [0.4, 0.5) is 4.79 Å². The molecule has 2 aromatic carbocycles. The maximum atomic E-state index is 12.3. The van der Waals surface area contributed by atoms with Gasteiger partial charge in [0.2, 0.25) is 0 Å². The van der Waals surface area contributed by atoms with Crippen LogP contribution in [0.15, 0.2) is 48.5 Å². The molecule has 2 N–H and O–H groups in total. The molecule has 22 heavy (non-hydrogen) atoms. The van der Waals surface area contributed by atoms with Crippen molar-refractivity contribution in [2.45, 2.75) is 19.9 Å². The van der Waals surface area contributed by atoms with Crippen molar-refractivity contribution in [3.05, 3.63) is 54.1 Å². The number of benzene rings is 2. The van der Waals surface area contributed by atoms with E-state index < -0.39 is 6.09 Å². The number of phenols is 2. The predicted octanol–water partition coefficient (Wildman–Crippen LogP) is 3.68. The number of rotatable bonds is 4. The van der Waals surface area contributed by atoms with Crippen LogP contribution in [0.5, 0.6) is 17.2 Å². The molecule has 0 aliphatic rings. The fourth-order valence-corrected chi connectivity index (χ4v) is 2.20. The molecule has 0 aliphatic heterocycles. The van der Waals surface area contributed by atoms with Crippen LogP contribution in [0.3, 0.4) is 0 Å². The summed E-state index contributed by atoms with van der Waals surface area (Å²) >= 11 is 0. The van der Waals surface area contributed by atoms with Crippen molar-refractivity contribution in [3.63, 3.8) is 0 Å². The summed E-state index contributed by atoms with van der Waals surface area (Å²) in [6.07, 6.45) is -0.482. The van der Waals surface area contributed by atoms with Crippen molar-refractivity contribution < 1.29 is 19.7 Å². The zero-order valence-corrected chi connectivity index (χ0v) is 12.6. The number of phenolic OH excluding ortho intramolecular Hbond substituents is 2. The van der Waals surface area contributed by atoms with Gasteiger partial charge in [-0.15, -0.1) is 0 Å². The molecule has 0 aromatic heterocycles. The zero-order chi connectivity index (χ0) is 16.1. The molecule has 5 nitrogen and oxygen atoms in total. The van der Waals surface area contributed by atoms with Gasteiger partial charge in [0.15, 0.2) is 0 Å². The Bertz CT molecular complexity index is 639. The van der Waals surface area contributed by atoms with Gasteiger partial charge in [0.05, 0.1) is 6.04 Å². The highest BCUT2D eigenvalue weighted by Gasteiger charge is 2.22. The summed E-state index contributed by atoms with van der Waals surface area (Å²) in [5, 5.41) is 18.8. The topological polar surface area (TPSA) is 70.0 Å². The molecular formula is C17H19NO4. The molecule has 0 saturated carbocycles. The highest BCUT2D eigenvalue weighted by Crippen LogP contribution is 2.25. The Morgan fingerprint density at radius 2 is 1.82 bits per heavy atom. The van der Waals surface area contributed by atoms with E-state index in [1.807, 2.05) is 19.9 Å².